The third-order valence-electron chi connectivity index (χ3n) is 8.34. The molecule has 43 heavy (non-hydrogen) atoms. The van der Waals surface area contributed by atoms with Crippen molar-refractivity contribution in [3.63, 3.8) is 0 Å². The zero-order valence-corrected chi connectivity index (χ0v) is 24.7. The van der Waals surface area contributed by atoms with Crippen LogP contribution in [0, 0.1) is 0 Å². The van der Waals surface area contributed by atoms with Gasteiger partial charge in [0.2, 0.25) is 11.8 Å². The molecule has 1 aliphatic carbocycles. The Morgan fingerprint density at radius 3 is 2.49 bits per heavy atom. The van der Waals surface area contributed by atoms with Crippen molar-refractivity contribution >= 4 is 5.91 Å². The molecule has 0 bridgehead atoms. The van der Waals surface area contributed by atoms with Crippen molar-refractivity contribution in [1.29, 1.82) is 0 Å². The Morgan fingerprint density at radius 1 is 0.884 bits per heavy atom. The van der Waals surface area contributed by atoms with Crippen LogP contribution < -0.4 is 24.3 Å². The van der Waals surface area contributed by atoms with Crippen LogP contribution in [0.3, 0.4) is 0 Å². The summed E-state index contributed by atoms with van der Waals surface area (Å²) in [5.41, 5.74) is 5.85. The highest BCUT2D eigenvalue weighted by Crippen LogP contribution is 2.41. The van der Waals surface area contributed by atoms with E-state index in [1.54, 1.807) is 39.9 Å². The Balaban J connectivity index is 1.31. The molecule has 0 saturated carbocycles. The summed E-state index contributed by atoms with van der Waals surface area (Å²) in [6.45, 7) is 1.01. The lowest BCUT2D eigenvalue weighted by molar-refractivity contribution is -0.123. The molecule has 1 N–H and O–H groups in total. The molecule has 2 atom stereocenters. The minimum Gasteiger partial charge on any atom is -0.493 e. The Hall–Kier alpha value is -4.63. The summed E-state index contributed by atoms with van der Waals surface area (Å²) in [4.78, 5) is 24.2. The molecule has 222 valence electrons. The normalized spacial score (nSPS) is 17.5. The van der Waals surface area contributed by atoms with E-state index in [1.807, 2.05) is 36.4 Å². The van der Waals surface area contributed by atoms with Crippen molar-refractivity contribution in [2.24, 2.45) is 0 Å². The number of nitrogens with one attached hydrogen (secondary N) is 1. The maximum atomic E-state index is 13.5. The van der Waals surface area contributed by atoms with Gasteiger partial charge >= 0.3 is 0 Å². The smallest absolute Gasteiger partial charge is 0.238 e. The Bertz CT molecular complexity index is 1600. The average Bonchev–Trinajstić information content (AvgIpc) is 3.44. The lowest BCUT2D eigenvalue weighted by Gasteiger charge is -2.38. The number of carbonyl (C=O) groups is 1. The van der Waals surface area contributed by atoms with E-state index in [2.05, 4.69) is 38.4 Å². The molecule has 0 saturated heterocycles. The van der Waals surface area contributed by atoms with Gasteiger partial charge in [-0.15, -0.1) is 0 Å². The van der Waals surface area contributed by atoms with Crippen LogP contribution in [0.5, 0.6) is 28.9 Å². The average molecular weight is 581 g/mol. The molecule has 6 rings (SSSR count). The number of nitrogens with zero attached hydrogens (tertiary/aromatic N) is 3. The molecule has 1 aromatic heterocycles. The molecule has 2 aliphatic rings. The summed E-state index contributed by atoms with van der Waals surface area (Å²) < 4.78 is 22.9. The van der Waals surface area contributed by atoms with Crippen LogP contribution in [-0.4, -0.2) is 55.2 Å². The van der Waals surface area contributed by atoms with Gasteiger partial charge in [0.05, 0.1) is 40.1 Å². The fraction of sp³-hybridized carbons (Fsp3) is 0.324. The number of fused-ring (bicyclic) bond motifs is 2. The van der Waals surface area contributed by atoms with Crippen molar-refractivity contribution in [3.05, 3.63) is 101 Å². The number of aryl methyl sites for hydroxylation is 1. The van der Waals surface area contributed by atoms with Crippen LogP contribution in [0.2, 0.25) is 0 Å². The zero-order valence-electron chi connectivity index (χ0n) is 24.7. The van der Waals surface area contributed by atoms with E-state index in [1.165, 1.54) is 11.1 Å². The molecular weight excluding hydrogens is 544 g/mol. The van der Waals surface area contributed by atoms with E-state index in [0.29, 0.717) is 35.3 Å². The molecule has 0 fully saturated rings. The number of amides is 1. The van der Waals surface area contributed by atoms with Crippen LogP contribution in [-0.2, 0) is 24.1 Å². The van der Waals surface area contributed by atoms with Gasteiger partial charge in [0.1, 0.15) is 0 Å². The van der Waals surface area contributed by atoms with E-state index in [9.17, 15) is 4.79 Å². The first-order chi connectivity index (χ1) is 21.1. The first-order valence-electron chi connectivity index (χ1n) is 14.5. The maximum Gasteiger partial charge on any atom is 0.238 e. The van der Waals surface area contributed by atoms with Crippen LogP contribution in [0.4, 0.5) is 0 Å². The van der Waals surface area contributed by atoms with Gasteiger partial charge in [0.15, 0.2) is 23.0 Å². The van der Waals surface area contributed by atoms with Crippen molar-refractivity contribution < 1.29 is 23.7 Å². The number of methoxy groups -OCH3 is 3. The zero-order chi connectivity index (χ0) is 29.8. The molecule has 9 heteroatoms. The summed E-state index contributed by atoms with van der Waals surface area (Å²) in [6.07, 6.45) is 8.09. The number of hydrogen-bond donors (Lipinski definition) is 1. The van der Waals surface area contributed by atoms with Gasteiger partial charge in [-0.1, -0.05) is 30.3 Å². The number of benzene rings is 3. The minimum atomic E-state index is -0.0985. The standard InChI is InChI=1S/C34H36N4O5/c1-40-29-11-8-22(17-30(29)41-2)16-28-26-19-32(43-34-20-35-13-14-36-34)31(42-3)18-24(26)12-15-38(28)21-33(39)37-27-10-9-23-6-4-5-7-25(23)27/h4-8,11,13-14,17-20,27-28H,9-10,12,15-16,21H2,1-3H3,(H,37,39). The fourth-order valence-electron chi connectivity index (χ4n) is 6.24. The summed E-state index contributed by atoms with van der Waals surface area (Å²) in [5, 5.41) is 3.31. The second kappa shape index (κ2) is 12.7. The fourth-order valence-corrected chi connectivity index (χ4v) is 6.24. The Labute approximate surface area is 251 Å². The molecule has 3 aromatic carbocycles. The van der Waals surface area contributed by atoms with Gasteiger partial charge in [-0.05, 0) is 77.8 Å². The van der Waals surface area contributed by atoms with E-state index >= 15 is 0 Å². The van der Waals surface area contributed by atoms with E-state index < -0.39 is 0 Å². The van der Waals surface area contributed by atoms with E-state index in [-0.39, 0.29) is 24.5 Å². The quantitative estimate of drug-likeness (QED) is 0.272. The highest BCUT2D eigenvalue weighted by Gasteiger charge is 2.32. The Morgan fingerprint density at radius 2 is 1.70 bits per heavy atom. The SMILES string of the molecule is COc1ccc(CC2c3cc(Oc4cnccn4)c(OC)cc3CCN2CC(=O)NC2CCc3ccccc32)cc1OC. The lowest BCUT2D eigenvalue weighted by atomic mass is 9.88. The number of ether oxygens (including phenoxy) is 4. The maximum absolute atomic E-state index is 13.5. The van der Waals surface area contributed by atoms with Crippen molar-refractivity contribution in [2.45, 2.75) is 37.8 Å². The summed E-state index contributed by atoms with van der Waals surface area (Å²) in [5.74, 6) is 2.91. The van der Waals surface area contributed by atoms with Crippen molar-refractivity contribution in [2.75, 3.05) is 34.4 Å². The molecule has 2 heterocycles. The van der Waals surface area contributed by atoms with Gasteiger partial charge in [0, 0.05) is 25.0 Å². The highest BCUT2D eigenvalue weighted by molar-refractivity contribution is 5.79. The second-order valence-electron chi connectivity index (χ2n) is 10.8. The van der Waals surface area contributed by atoms with Crippen LogP contribution in [0.25, 0.3) is 0 Å². The number of hydrogen-bond acceptors (Lipinski definition) is 8. The van der Waals surface area contributed by atoms with Crippen LogP contribution >= 0.6 is 0 Å². The largest absolute Gasteiger partial charge is 0.493 e. The van der Waals surface area contributed by atoms with Crippen LogP contribution in [0.1, 0.15) is 46.3 Å². The molecule has 0 radical (unpaired) electrons. The number of rotatable bonds is 10. The van der Waals surface area contributed by atoms with E-state index in [0.717, 1.165) is 42.5 Å². The van der Waals surface area contributed by atoms with Gasteiger partial charge in [-0.3, -0.25) is 14.7 Å². The summed E-state index contributed by atoms with van der Waals surface area (Å²) in [7, 11) is 4.90. The van der Waals surface area contributed by atoms with Crippen molar-refractivity contribution in [1.82, 2.24) is 20.2 Å². The van der Waals surface area contributed by atoms with E-state index in [4.69, 9.17) is 18.9 Å². The number of aromatic nitrogens is 2. The minimum absolute atomic E-state index is 0.0204. The molecule has 9 nitrogen and oxygen atoms in total. The third kappa shape index (κ3) is 6.12. The summed E-state index contributed by atoms with van der Waals surface area (Å²) >= 11 is 0. The number of carbonyl (C=O) groups excluding carboxylic acids is 1. The highest BCUT2D eigenvalue weighted by atomic mass is 16.5. The van der Waals surface area contributed by atoms with Gasteiger partial charge < -0.3 is 24.3 Å². The van der Waals surface area contributed by atoms with Gasteiger partial charge in [-0.2, -0.15) is 0 Å². The van der Waals surface area contributed by atoms with Crippen molar-refractivity contribution in [3.8, 4) is 28.9 Å². The molecule has 1 amide bonds. The predicted octanol–water partition coefficient (Wildman–Crippen LogP) is 5.24. The topological polar surface area (TPSA) is 95.0 Å². The van der Waals surface area contributed by atoms with Gasteiger partial charge in [-0.25, -0.2) is 4.98 Å². The lowest BCUT2D eigenvalue weighted by Crippen LogP contribution is -2.44. The van der Waals surface area contributed by atoms with Gasteiger partial charge in [0.25, 0.3) is 0 Å². The summed E-state index contributed by atoms with van der Waals surface area (Å²) in [6, 6.07) is 18.3. The molecule has 2 unspecified atom stereocenters. The van der Waals surface area contributed by atoms with Crippen LogP contribution in [0.15, 0.2) is 73.2 Å². The molecule has 4 aromatic rings. The second-order valence-corrected chi connectivity index (χ2v) is 10.8. The molecule has 0 spiro atoms. The first kappa shape index (κ1) is 28.5. The first-order valence-corrected chi connectivity index (χ1v) is 14.5. The Kier molecular flexibility index (Phi) is 8.42. The third-order valence-corrected chi connectivity index (χ3v) is 8.34. The molecule has 1 aliphatic heterocycles. The monoisotopic (exact) mass is 580 g/mol. The molecular formula is C34H36N4O5. The predicted molar refractivity (Wildman–Crippen MR) is 162 cm³/mol.